The van der Waals surface area contributed by atoms with Gasteiger partial charge in [-0.15, -0.1) is 0 Å². The smallest absolute Gasteiger partial charge is 0.325 e. The van der Waals surface area contributed by atoms with Crippen molar-refractivity contribution in [1.29, 1.82) is 0 Å². The standard InChI is InChI=1S/C24H31BrN3O3P/c1-15-11-20(25)12-16(2)23(15)28-14-17(3)22-21(13-18(4)26-24(22)28)27-8-5-19(6-9-27)7-10-32(29,30)31/h11-14,19H,5-10H2,1-4H3,(H2,29,30,31). The van der Waals surface area contributed by atoms with Crippen LogP contribution in [0.5, 0.6) is 0 Å². The van der Waals surface area contributed by atoms with E-state index in [4.69, 9.17) is 4.98 Å². The highest BCUT2D eigenvalue weighted by Crippen LogP contribution is 2.39. The molecule has 8 heteroatoms. The zero-order chi connectivity index (χ0) is 23.2. The molecule has 1 aliphatic heterocycles. The van der Waals surface area contributed by atoms with Gasteiger partial charge in [0.05, 0.1) is 11.8 Å². The van der Waals surface area contributed by atoms with E-state index in [9.17, 15) is 14.4 Å². The predicted molar refractivity (Wildman–Crippen MR) is 134 cm³/mol. The number of piperidine rings is 1. The maximum Gasteiger partial charge on any atom is 0.325 e. The summed E-state index contributed by atoms with van der Waals surface area (Å²) < 4.78 is 14.5. The lowest BCUT2D eigenvalue weighted by Crippen LogP contribution is -2.34. The molecule has 1 saturated heterocycles. The van der Waals surface area contributed by atoms with E-state index >= 15 is 0 Å². The Morgan fingerprint density at radius 3 is 2.28 bits per heavy atom. The summed E-state index contributed by atoms with van der Waals surface area (Å²) in [4.78, 5) is 25.8. The zero-order valence-corrected chi connectivity index (χ0v) is 21.6. The summed E-state index contributed by atoms with van der Waals surface area (Å²) in [6, 6.07) is 6.46. The second-order valence-electron chi connectivity index (χ2n) is 9.16. The van der Waals surface area contributed by atoms with Crippen molar-refractivity contribution in [2.75, 3.05) is 24.2 Å². The fourth-order valence-electron chi connectivity index (χ4n) is 5.03. The van der Waals surface area contributed by atoms with Gasteiger partial charge in [0, 0.05) is 40.5 Å². The van der Waals surface area contributed by atoms with Gasteiger partial charge in [0.25, 0.3) is 0 Å². The highest BCUT2D eigenvalue weighted by molar-refractivity contribution is 9.10. The maximum atomic E-state index is 11.2. The number of benzene rings is 1. The molecule has 6 nitrogen and oxygen atoms in total. The summed E-state index contributed by atoms with van der Waals surface area (Å²) in [5, 5.41) is 1.19. The Kier molecular flexibility index (Phi) is 6.56. The van der Waals surface area contributed by atoms with Crippen LogP contribution in [-0.4, -0.2) is 38.6 Å². The number of aromatic nitrogens is 2. The van der Waals surface area contributed by atoms with E-state index in [1.54, 1.807) is 0 Å². The molecule has 0 saturated carbocycles. The van der Waals surface area contributed by atoms with Gasteiger partial charge in [0.2, 0.25) is 0 Å². The van der Waals surface area contributed by atoms with E-state index in [0.29, 0.717) is 12.3 Å². The van der Waals surface area contributed by atoms with Gasteiger partial charge in [0.1, 0.15) is 5.65 Å². The first-order chi connectivity index (χ1) is 15.0. The van der Waals surface area contributed by atoms with Crippen molar-refractivity contribution < 1.29 is 14.4 Å². The molecule has 0 aliphatic carbocycles. The van der Waals surface area contributed by atoms with Crippen molar-refractivity contribution in [1.82, 2.24) is 9.55 Å². The number of pyridine rings is 1. The molecular formula is C24H31BrN3O3P. The lowest BCUT2D eigenvalue weighted by atomic mass is 9.93. The number of halogens is 1. The average Bonchev–Trinajstić information content (AvgIpc) is 3.01. The predicted octanol–water partition coefficient (Wildman–Crippen LogP) is 5.81. The third-order valence-electron chi connectivity index (χ3n) is 6.53. The van der Waals surface area contributed by atoms with Crippen LogP contribution in [0.3, 0.4) is 0 Å². The Hall–Kier alpha value is -1.66. The van der Waals surface area contributed by atoms with Crippen LogP contribution in [0.4, 0.5) is 5.69 Å². The van der Waals surface area contributed by atoms with Crippen molar-refractivity contribution in [2.24, 2.45) is 5.92 Å². The SMILES string of the molecule is Cc1cc(N2CCC(CCP(=O)(O)O)CC2)c2c(C)cn(-c3c(C)cc(Br)cc3C)c2n1. The van der Waals surface area contributed by atoms with Crippen LogP contribution >= 0.6 is 23.5 Å². The number of hydrogen-bond acceptors (Lipinski definition) is 3. The fraction of sp³-hybridized carbons (Fsp3) is 0.458. The largest absolute Gasteiger partial charge is 0.371 e. The zero-order valence-electron chi connectivity index (χ0n) is 19.1. The minimum atomic E-state index is -3.92. The highest BCUT2D eigenvalue weighted by atomic mass is 79.9. The van der Waals surface area contributed by atoms with Crippen LogP contribution in [0, 0.1) is 33.6 Å². The topological polar surface area (TPSA) is 78.6 Å². The molecule has 1 aromatic carbocycles. The van der Waals surface area contributed by atoms with Gasteiger partial charge in [-0.3, -0.25) is 4.57 Å². The lowest BCUT2D eigenvalue weighted by molar-refractivity contribution is 0.350. The average molecular weight is 520 g/mol. The summed E-state index contributed by atoms with van der Waals surface area (Å²) in [5.41, 5.74) is 7.95. The molecule has 0 unspecified atom stereocenters. The van der Waals surface area contributed by atoms with E-state index in [2.05, 4.69) is 70.6 Å². The number of anilines is 1. The fourth-order valence-corrected chi connectivity index (χ4v) is 6.42. The molecule has 1 fully saturated rings. The molecule has 0 bridgehead atoms. The Labute approximate surface area is 197 Å². The summed E-state index contributed by atoms with van der Waals surface area (Å²) in [6.45, 7) is 10.2. The monoisotopic (exact) mass is 519 g/mol. The van der Waals surface area contributed by atoms with Crippen LogP contribution in [0.1, 0.15) is 41.6 Å². The number of fused-ring (bicyclic) bond motifs is 1. The Balaban J connectivity index is 1.69. The molecule has 0 spiro atoms. The number of aryl methyl sites for hydroxylation is 4. The lowest BCUT2D eigenvalue weighted by Gasteiger charge is -2.34. The van der Waals surface area contributed by atoms with Crippen molar-refractivity contribution in [3.8, 4) is 5.69 Å². The van der Waals surface area contributed by atoms with Gasteiger partial charge in [0.15, 0.2) is 0 Å². The van der Waals surface area contributed by atoms with Crippen molar-refractivity contribution >= 4 is 40.2 Å². The summed E-state index contributed by atoms with van der Waals surface area (Å²) in [7, 11) is -3.92. The molecule has 1 aliphatic rings. The van der Waals surface area contributed by atoms with Crippen molar-refractivity contribution in [2.45, 2.75) is 47.0 Å². The normalized spacial score (nSPS) is 15.7. The van der Waals surface area contributed by atoms with Crippen LogP contribution in [-0.2, 0) is 4.57 Å². The summed E-state index contributed by atoms with van der Waals surface area (Å²) in [5.74, 6) is 0.371. The highest BCUT2D eigenvalue weighted by Gasteiger charge is 2.25. The summed E-state index contributed by atoms with van der Waals surface area (Å²) in [6.07, 6.45) is 4.68. The van der Waals surface area contributed by atoms with E-state index < -0.39 is 7.60 Å². The molecule has 4 rings (SSSR count). The first kappa shape index (κ1) is 23.5. The van der Waals surface area contributed by atoms with Gasteiger partial charge in [-0.1, -0.05) is 15.9 Å². The van der Waals surface area contributed by atoms with Crippen molar-refractivity contribution in [3.05, 3.63) is 51.3 Å². The van der Waals surface area contributed by atoms with Gasteiger partial charge < -0.3 is 19.3 Å². The van der Waals surface area contributed by atoms with Crippen LogP contribution in [0.2, 0.25) is 0 Å². The first-order valence-electron chi connectivity index (χ1n) is 11.1. The quantitative estimate of drug-likeness (QED) is 0.416. The van der Waals surface area contributed by atoms with E-state index in [1.165, 1.54) is 33.5 Å². The summed E-state index contributed by atoms with van der Waals surface area (Å²) >= 11 is 3.60. The third-order valence-corrected chi connectivity index (χ3v) is 7.83. The molecule has 32 heavy (non-hydrogen) atoms. The van der Waals surface area contributed by atoms with Crippen molar-refractivity contribution in [3.63, 3.8) is 0 Å². The van der Waals surface area contributed by atoms with E-state index in [-0.39, 0.29) is 6.16 Å². The van der Waals surface area contributed by atoms with Gasteiger partial charge in [-0.25, -0.2) is 4.98 Å². The van der Waals surface area contributed by atoms with Gasteiger partial charge in [-0.05, 0) is 87.8 Å². The van der Waals surface area contributed by atoms with Gasteiger partial charge in [-0.2, -0.15) is 0 Å². The molecular weight excluding hydrogens is 489 g/mol. The second-order valence-corrected chi connectivity index (χ2v) is 11.9. The third kappa shape index (κ3) is 4.81. The Bertz CT molecular complexity index is 1190. The second kappa shape index (κ2) is 8.94. The van der Waals surface area contributed by atoms with Crippen LogP contribution < -0.4 is 4.90 Å². The first-order valence-corrected chi connectivity index (χ1v) is 13.7. The molecule has 0 radical (unpaired) electrons. The number of rotatable bonds is 5. The molecule has 3 aromatic rings. The van der Waals surface area contributed by atoms with Crippen LogP contribution in [0.15, 0.2) is 28.9 Å². The minimum absolute atomic E-state index is 0.00979. The molecule has 0 atom stereocenters. The van der Waals surface area contributed by atoms with Crippen LogP contribution in [0.25, 0.3) is 16.7 Å². The van der Waals surface area contributed by atoms with E-state index in [0.717, 1.165) is 41.7 Å². The molecule has 3 heterocycles. The van der Waals surface area contributed by atoms with Gasteiger partial charge >= 0.3 is 7.60 Å². The Morgan fingerprint density at radius 1 is 1.06 bits per heavy atom. The molecule has 172 valence electrons. The molecule has 2 aromatic heterocycles. The number of hydrogen-bond donors (Lipinski definition) is 2. The van der Waals surface area contributed by atoms with E-state index in [1.807, 2.05) is 6.92 Å². The Morgan fingerprint density at radius 2 is 1.69 bits per heavy atom. The molecule has 0 amide bonds. The minimum Gasteiger partial charge on any atom is -0.371 e. The maximum absolute atomic E-state index is 11.2. The molecule has 2 N–H and O–H groups in total. The number of nitrogens with zero attached hydrogens (tertiary/aromatic N) is 3.